The number of aliphatic imine (C=N–C) groups is 1. The van der Waals surface area contributed by atoms with E-state index in [0.29, 0.717) is 32.4 Å². The maximum absolute atomic E-state index is 12.7. The van der Waals surface area contributed by atoms with Crippen LogP contribution in [0.5, 0.6) is 0 Å². The van der Waals surface area contributed by atoms with E-state index in [0.717, 1.165) is 25.0 Å². The van der Waals surface area contributed by atoms with Crippen molar-refractivity contribution >= 4 is 40.2 Å². The predicted octanol–water partition coefficient (Wildman–Crippen LogP) is 4.89. The summed E-state index contributed by atoms with van der Waals surface area (Å²) in [5.74, 6) is -0.286. The van der Waals surface area contributed by atoms with Gasteiger partial charge in [-0.15, -0.1) is 11.3 Å². The summed E-state index contributed by atoms with van der Waals surface area (Å²) in [5, 5.41) is 3.07. The highest BCUT2D eigenvalue weighted by molar-refractivity contribution is 8.18. The second-order valence-electron chi connectivity index (χ2n) is 6.30. The Hall–Kier alpha value is -2.13. The monoisotopic (exact) mass is 409 g/mol. The fraction of sp³-hybridized carbons (Fsp3) is 0.278. The molecule has 0 atom stereocenters. The van der Waals surface area contributed by atoms with Gasteiger partial charge in [-0.3, -0.25) is 4.79 Å². The lowest BCUT2D eigenvalue weighted by molar-refractivity contribution is -0.137. The zero-order chi connectivity index (χ0) is 19.2. The Balaban J connectivity index is 1.50. The number of alkyl halides is 3. The summed E-state index contributed by atoms with van der Waals surface area (Å²) < 4.78 is 38.0. The molecule has 0 spiro atoms. The average molecular weight is 409 g/mol. The summed E-state index contributed by atoms with van der Waals surface area (Å²) in [4.78, 5) is 23.1. The molecule has 0 unspecified atom stereocenters. The van der Waals surface area contributed by atoms with Crippen molar-refractivity contribution in [1.29, 1.82) is 0 Å². The summed E-state index contributed by atoms with van der Waals surface area (Å²) in [6, 6.07) is 5.35. The van der Waals surface area contributed by atoms with Gasteiger partial charge in [0, 0.05) is 24.0 Å². The normalized spacial score (nSPS) is 18.9. The first-order chi connectivity index (χ1) is 12.8. The minimum Gasteiger partial charge on any atom is -0.351 e. The molecule has 2 aromatic rings. The molecule has 0 saturated heterocycles. The van der Waals surface area contributed by atoms with Gasteiger partial charge in [0.2, 0.25) is 0 Å². The lowest BCUT2D eigenvalue weighted by Crippen LogP contribution is -2.24. The van der Waals surface area contributed by atoms with Crippen LogP contribution in [-0.2, 0) is 11.0 Å². The van der Waals surface area contributed by atoms with Crippen LogP contribution in [0.15, 0.2) is 39.5 Å². The number of hydrogen-bond donors (Lipinski definition) is 0. The molecule has 1 aliphatic heterocycles. The molecule has 2 aliphatic rings. The predicted molar refractivity (Wildman–Crippen MR) is 101 cm³/mol. The van der Waals surface area contributed by atoms with Crippen molar-refractivity contribution in [2.75, 3.05) is 7.05 Å². The third-order valence-electron chi connectivity index (χ3n) is 4.27. The number of thioether (sulfide) groups is 1. The number of amidine groups is 1. The third-order valence-corrected chi connectivity index (χ3v) is 6.25. The van der Waals surface area contributed by atoms with Gasteiger partial charge in [-0.1, -0.05) is 12.1 Å². The molecule has 4 nitrogen and oxygen atoms in total. The van der Waals surface area contributed by atoms with Crippen molar-refractivity contribution in [3.63, 3.8) is 0 Å². The van der Waals surface area contributed by atoms with E-state index < -0.39 is 11.7 Å². The minimum atomic E-state index is -4.36. The Kier molecular flexibility index (Phi) is 4.59. The largest absolute Gasteiger partial charge is 0.416 e. The molecule has 1 saturated carbocycles. The van der Waals surface area contributed by atoms with E-state index in [4.69, 9.17) is 0 Å². The number of nitrogens with zero attached hydrogens (tertiary/aromatic N) is 3. The maximum Gasteiger partial charge on any atom is 0.416 e. The highest BCUT2D eigenvalue weighted by Gasteiger charge is 2.33. The molecule has 1 fully saturated rings. The molecule has 1 aromatic carbocycles. The van der Waals surface area contributed by atoms with Crippen LogP contribution in [0, 0.1) is 0 Å². The summed E-state index contributed by atoms with van der Waals surface area (Å²) in [6.07, 6.45) is -0.450. The summed E-state index contributed by atoms with van der Waals surface area (Å²) in [7, 11) is 1.94. The number of aromatic nitrogens is 1. The van der Waals surface area contributed by atoms with Crippen LogP contribution >= 0.6 is 23.1 Å². The molecule has 27 heavy (non-hydrogen) atoms. The summed E-state index contributed by atoms with van der Waals surface area (Å²) in [5.41, 5.74) is 0.507. The lowest BCUT2D eigenvalue weighted by Gasteiger charge is -2.15. The van der Waals surface area contributed by atoms with Gasteiger partial charge in [-0.2, -0.15) is 18.2 Å². The average Bonchev–Trinajstić information content (AvgIpc) is 3.27. The first kappa shape index (κ1) is 18.2. The number of rotatable bonds is 3. The minimum absolute atomic E-state index is 0.286. The van der Waals surface area contributed by atoms with Crippen LogP contribution in [0.25, 0.3) is 16.6 Å². The number of halogens is 3. The first-order valence-electron chi connectivity index (χ1n) is 8.20. The molecule has 140 valence electrons. The van der Waals surface area contributed by atoms with Gasteiger partial charge in [0.05, 0.1) is 16.2 Å². The van der Waals surface area contributed by atoms with Gasteiger partial charge in [0.25, 0.3) is 5.91 Å². The quantitative estimate of drug-likeness (QED) is 0.677. The van der Waals surface area contributed by atoms with Crippen molar-refractivity contribution in [3.05, 3.63) is 45.8 Å². The second-order valence-corrected chi connectivity index (χ2v) is 8.17. The maximum atomic E-state index is 12.7. The highest BCUT2D eigenvalue weighted by atomic mass is 32.2. The van der Waals surface area contributed by atoms with E-state index in [1.165, 1.54) is 35.2 Å². The van der Waals surface area contributed by atoms with Crippen LogP contribution in [-0.4, -0.2) is 34.0 Å². The van der Waals surface area contributed by atoms with Gasteiger partial charge < -0.3 is 4.90 Å². The van der Waals surface area contributed by atoms with Crippen molar-refractivity contribution in [2.45, 2.75) is 25.1 Å². The van der Waals surface area contributed by atoms with Crippen LogP contribution in [0.2, 0.25) is 0 Å². The van der Waals surface area contributed by atoms with Crippen LogP contribution in [0.4, 0.5) is 13.2 Å². The number of hydrogen-bond acceptors (Lipinski definition) is 5. The Morgan fingerprint density at radius 1 is 1.22 bits per heavy atom. The standard InChI is InChI=1S/C18H14F3N3OS2/c1-24(13-6-7-13)17-23-15(25)14(27-17)8-12-9-26-16(22-12)10-2-4-11(5-3-10)18(19,20)21/h2-5,8-9,13H,6-7H2,1H3/b14-8+. The van der Waals surface area contributed by atoms with Crippen molar-refractivity contribution in [1.82, 2.24) is 9.88 Å². The Labute approximate surface area is 161 Å². The summed E-state index contributed by atoms with van der Waals surface area (Å²) in [6.45, 7) is 0. The molecule has 0 N–H and O–H groups in total. The van der Waals surface area contributed by atoms with E-state index in [9.17, 15) is 18.0 Å². The smallest absolute Gasteiger partial charge is 0.351 e. The van der Waals surface area contributed by atoms with Gasteiger partial charge in [-0.25, -0.2) is 4.98 Å². The first-order valence-corrected chi connectivity index (χ1v) is 9.89. The lowest BCUT2D eigenvalue weighted by atomic mass is 10.1. The fourth-order valence-electron chi connectivity index (χ4n) is 2.59. The van der Waals surface area contributed by atoms with Crippen LogP contribution in [0.3, 0.4) is 0 Å². The van der Waals surface area contributed by atoms with E-state index in [-0.39, 0.29) is 5.91 Å². The molecule has 9 heteroatoms. The second kappa shape index (κ2) is 6.79. The Morgan fingerprint density at radius 3 is 2.56 bits per heavy atom. The Bertz CT molecular complexity index is 944. The number of carbonyl (C=O) groups is 1. The topological polar surface area (TPSA) is 45.6 Å². The van der Waals surface area contributed by atoms with E-state index in [1.54, 1.807) is 11.5 Å². The number of carbonyl (C=O) groups excluding carboxylic acids is 1. The highest BCUT2D eigenvalue weighted by Crippen LogP contribution is 2.36. The number of amides is 1. The molecular weight excluding hydrogens is 395 g/mol. The zero-order valence-corrected chi connectivity index (χ0v) is 15.8. The zero-order valence-electron chi connectivity index (χ0n) is 14.2. The van der Waals surface area contributed by atoms with E-state index >= 15 is 0 Å². The Morgan fingerprint density at radius 2 is 1.93 bits per heavy atom. The molecule has 1 aliphatic carbocycles. The molecule has 4 rings (SSSR count). The molecule has 2 heterocycles. The number of benzene rings is 1. The molecule has 1 aromatic heterocycles. The van der Waals surface area contributed by atoms with Crippen molar-refractivity contribution < 1.29 is 18.0 Å². The van der Waals surface area contributed by atoms with Crippen LogP contribution < -0.4 is 0 Å². The number of thiazole rings is 1. The third kappa shape index (κ3) is 3.93. The van der Waals surface area contributed by atoms with Gasteiger partial charge in [0.1, 0.15) is 5.01 Å². The van der Waals surface area contributed by atoms with Gasteiger partial charge in [-0.05, 0) is 42.8 Å². The molecule has 0 bridgehead atoms. The van der Waals surface area contributed by atoms with Crippen molar-refractivity contribution in [2.24, 2.45) is 4.99 Å². The molecular formula is C18H14F3N3OS2. The van der Waals surface area contributed by atoms with Crippen LogP contribution in [0.1, 0.15) is 24.1 Å². The molecule has 0 radical (unpaired) electrons. The summed E-state index contributed by atoms with van der Waals surface area (Å²) >= 11 is 2.64. The van der Waals surface area contributed by atoms with E-state index in [1.807, 2.05) is 11.9 Å². The van der Waals surface area contributed by atoms with E-state index in [2.05, 4.69) is 9.98 Å². The van der Waals surface area contributed by atoms with Gasteiger partial charge in [0.15, 0.2) is 5.17 Å². The van der Waals surface area contributed by atoms with Gasteiger partial charge >= 0.3 is 6.18 Å². The molecule has 1 amide bonds. The fourth-order valence-corrected chi connectivity index (χ4v) is 4.30. The van der Waals surface area contributed by atoms with Crippen molar-refractivity contribution in [3.8, 4) is 10.6 Å². The SMILES string of the molecule is CN(C1=NC(=O)/C(=C\c2csc(-c3ccc(C(F)(F)F)cc3)n2)S1)C1CC1.